The molecule has 124 valence electrons. The molecule has 7 heteroatoms. The second kappa shape index (κ2) is 7.61. The fourth-order valence-corrected chi connectivity index (χ4v) is 2.00. The van der Waals surface area contributed by atoms with Crippen molar-refractivity contribution in [2.45, 2.75) is 0 Å². The van der Waals surface area contributed by atoms with E-state index >= 15 is 0 Å². The zero-order valence-electron chi connectivity index (χ0n) is 12.5. The Morgan fingerprint density at radius 2 is 2.00 bits per heavy atom. The molecular formula is C17H13ClFNO4. The molecule has 0 bridgehead atoms. The van der Waals surface area contributed by atoms with Gasteiger partial charge >= 0.3 is 0 Å². The number of hydrogen-bond donors (Lipinski definition) is 2. The van der Waals surface area contributed by atoms with Crippen molar-refractivity contribution in [3.05, 3.63) is 64.9 Å². The Kier molecular flexibility index (Phi) is 5.55. The molecule has 0 radical (unpaired) electrons. The lowest BCUT2D eigenvalue weighted by Crippen LogP contribution is -2.21. The van der Waals surface area contributed by atoms with Gasteiger partial charge in [0, 0.05) is 17.3 Å². The molecule has 0 saturated carbocycles. The number of ether oxygens (including phenoxy) is 1. The maximum absolute atomic E-state index is 13.1. The summed E-state index contributed by atoms with van der Waals surface area (Å²) in [6.07, 6.45) is 0.787. The number of halogens is 2. The largest absolute Gasteiger partial charge is 0.507 e. The normalized spacial score (nSPS) is 11.0. The van der Waals surface area contributed by atoms with Crippen LogP contribution >= 0.6 is 11.6 Å². The van der Waals surface area contributed by atoms with E-state index < -0.39 is 17.5 Å². The molecule has 1 amide bonds. The number of rotatable bonds is 5. The Morgan fingerprint density at radius 1 is 1.25 bits per heavy atom. The average molecular weight is 350 g/mol. The number of aliphatic hydroxyl groups excluding tert-OH is 1. The third-order valence-corrected chi connectivity index (χ3v) is 3.32. The number of anilines is 1. The van der Waals surface area contributed by atoms with Crippen LogP contribution in [-0.4, -0.2) is 23.9 Å². The van der Waals surface area contributed by atoms with Gasteiger partial charge < -0.3 is 15.2 Å². The summed E-state index contributed by atoms with van der Waals surface area (Å²) in [5.41, 5.74) is 0.481. The molecule has 0 unspecified atom stereocenters. The van der Waals surface area contributed by atoms with E-state index in [4.69, 9.17) is 16.3 Å². The first kappa shape index (κ1) is 17.5. The number of amides is 1. The second-order valence-electron chi connectivity index (χ2n) is 4.71. The van der Waals surface area contributed by atoms with Crippen molar-refractivity contribution in [2.24, 2.45) is 0 Å². The molecule has 0 aliphatic heterocycles. The Labute approximate surface area is 142 Å². The van der Waals surface area contributed by atoms with E-state index in [9.17, 15) is 19.1 Å². The molecule has 0 heterocycles. The van der Waals surface area contributed by atoms with Crippen LogP contribution in [0.3, 0.4) is 0 Å². The van der Waals surface area contributed by atoms with Gasteiger partial charge in [-0.25, -0.2) is 4.39 Å². The number of methoxy groups -OCH3 is 1. The van der Waals surface area contributed by atoms with Crippen LogP contribution in [0, 0.1) is 5.82 Å². The van der Waals surface area contributed by atoms with Gasteiger partial charge in [0.25, 0.3) is 5.91 Å². The molecule has 2 N–H and O–H groups in total. The van der Waals surface area contributed by atoms with Crippen molar-refractivity contribution < 1.29 is 23.8 Å². The number of benzene rings is 2. The lowest BCUT2D eigenvalue weighted by Gasteiger charge is -2.05. The van der Waals surface area contributed by atoms with Crippen molar-refractivity contribution in [3.8, 4) is 5.75 Å². The molecule has 2 aromatic carbocycles. The molecule has 0 spiro atoms. The summed E-state index contributed by atoms with van der Waals surface area (Å²) in [7, 11) is 1.46. The van der Waals surface area contributed by atoms with Gasteiger partial charge in [0.1, 0.15) is 17.3 Å². The van der Waals surface area contributed by atoms with E-state index in [-0.39, 0.29) is 16.5 Å². The van der Waals surface area contributed by atoms with Crippen LogP contribution < -0.4 is 10.1 Å². The van der Waals surface area contributed by atoms with Gasteiger partial charge in [-0.3, -0.25) is 9.59 Å². The lowest BCUT2D eigenvalue weighted by atomic mass is 10.1. The van der Waals surface area contributed by atoms with E-state index in [2.05, 4.69) is 5.32 Å². The molecule has 0 aliphatic carbocycles. The van der Waals surface area contributed by atoms with E-state index in [1.807, 2.05) is 0 Å². The molecule has 24 heavy (non-hydrogen) atoms. The molecule has 2 aromatic rings. The van der Waals surface area contributed by atoms with Crippen molar-refractivity contribution in [3.63, 3.8) is 0 Å². The summed E-state index contributed by atoms with van der Waals surface area (Å²) >= 11 is 5.59. The predicted octanol–water partition coefficient (Wildman–Crippen LogP) is 3.59. The summed E-state index contributed by atoms with van der Waals surface area (Å²) < 4.78 is 18.1. The zero-order valence-corrected chi connectivity index (χ0v) is 13.3. The zero-order chi connectivity index (χ0) is 17.7. The molecule has 0 aromatic heterocycles. The smallest absolute Gasteiger partial charge is 0.296 e. The van der Waals surface area contributed by atoms with Gasteiger partial charge in [-0.1, -0.05) is 23.7 Å². The van der Waals surface area contributed by atoms with Crippen LogP contribution in [0.1, 0.15) is 5.56 Å². The number of ketones is 1. The topological polar surface area (TPSA) is 75.6 Å². The minimum Gasteiger partial charge on any atom is -0.507 e. The van der Waals surface area contributed by atoms with E-state index in [0.717, 1.165) is 12.1 Å². The Morgan fingerprint density at radius 3 is 2.67 bits per heavy atom. The number of nitrogens with one attached hydrogen (secondary N) is 1. The van der Waals surface area contributed by atoms with Crippen LogP contribution in [0.4, 0.5) is 10.1 Å². The van der Waals surface area contributed by atoms with Gasteiger partial charge in [-0.2, -0.15) is 0 Å². The Bertz CT molecular complexity index is 820. The number of hydrogen-bond acceptors (Lipinski definition) is 4. The fraction of sp³-hybridized carbons (Fsp3) is 0.0588. The minimum absolute atomic E-state index is 0.161. The third-order valence-electron chi connectivity index (χ3n) is 3.03. The standard InChI is InChI=1S/C17H13ClFNO4/c1-24-12-4-2-3-10(7-12)15(21)9-16(22)17(23)20-11-5-6-14(19)13(18)8-11/h2-9,21H,1H3,(H,20,23)/b15-9-. The molecule has 0 saturated heterocycles. The summed E-state index contributed by atoms with van der Waals surface area (Å²) in [6.45, 7) is 0. The van der Waals surface area contributed by atoms with Crippen LogP contribution in [0.2, 0.25) is 5.02 Å². The van der Waals surface area contributed by atoms with Crippen LogP contribution in [0.25, 0.3) is 5.76 Å². The highest BCUT2D eigenvalue weighted by atomic mass is 35.5. The monoisotopic (exact) mass is 349 g/mol. The number of carbonyl (C=O) groups excluding carboxylic acids is 2. The van der Waals surface area contributed by atoms with Crippen LogP contribution in [0.15, 0.2) is 48.5 Å². The number of carbonyl (C=O) groups is 2. The Hall–Kier alpha value is -2.86. The third kappa shape index (κ3) is 4.33. The first-order valence-corrected chi connectivity index (χ1v) is 7.14. The fourth-order valence-electron chi connectivity index (χ4n) is 1.82. The first-order chi connectivity index (χ1) is 11.4. The molecule has 5 nitrogen and oxygen atoms in total. The highest BCUT2D eigenvalue weighted by Gasteiger charge is 2.14. The number of aliphatic hydroxyl groups is 1. The van der Waals surface area contributed by atoms with E-state index in [0.29, 0.717) is 11.3 Å². The first-order valence-electron chi connectivity index (χ1n) is 6.76. The maximum Gasteiger partial charge on any atom is 0.296 e. The van der Waals surface area contributed by atoms with Gasteiger partial charge in [-0.05, 0) is 30.3 Å². The minimum atomic E-state index is -0.993. The average Bonchev–Trinajstić information content (AvgIpc) is 2.58. The summed E-state index contributed by atoms with van der Waals surface area (Å²) in [5, 5.41) is 12.0. The molecular weight excluding hydrogens is 337 g/mol. The van der Waals surface area contributed by atoms with Gasteiger partial charge in [0.2, 0.25) is 5.78 Å². The Balaban J connectivity index is 2.12. The lowest BCUT2D eigenvalue weighted by molar-refractivity contribution is -0.131. The molecule has 2 rings (SSSR count). The maximum atomic E-state index is 13.1. The van der Waals surface area contributed by atoms with Crippen LogP contribution in [0.5, 0.6) is 5.75 Å². The van der Waals surface area contributed by atoms with Gasteiger partial charge in [0.05, 0.1) is 12.1 Å². The second-order valence-corrected chi connectivity index (χ2v) is 5.12. The molecule has 0 fully saturated rings. The highest BCUT2D eigenvalue weighted by Crippen LogP contribution is 2.20. The van der Waals surface area contributed by atoms with Crippen molar-refractivity contribution in [1.29, 1.82) is 0 Å². The van der Waals surface area contributed by atoms with Gasteiger partial charge in [0.15, 0.2) is 0 Å². The van der Waals surface area contributed by atoms with E-state index in [1.165, 1.54) is 25.3 Å². The summed E-state index contributed by atoms with van der Waals surface area (Å²) in [6, 6.07) is 9.86. The van der Waals surface area contributed by atoms with Crippen molar-refractivity contribution in [2.75, 3.05) is 12.4 Å². The molecule has 0 atom stereocenters. The summed E-state index contributed by atoms with van der Waals surface area (Å²) in [5.74, 6) is -2.50. The summed E-state index contributed by atoms with van der Waals surface area (Å²) in [4.78, 5) is 23.7. The molecule has 0 aliphatic rings. The van der Waals surface area contributed by atoms with Gasteiger partial charge in [-0.15, -0.1) is 0 Å². The predicted molar refractivity (Wildman–Crippen MR) is 88.6 cm³/mol. The SMILES string of the molecule is COc1cccc(/C(O)=C/C(=O)C(=O)Nc2ccc(F)c(Cl)c2)c1. The van der Waals surface area contributed by atoms with E-state index in [1.54, 1.807) is 18.2 Å². The van der Waals surface area contributed by atoms with Crippen molar-refractivity contribution >= 4 is 34.7 Å². The quantitative estimate of drug-likeness (QED) is 0.491. The van der Waals surface area contributed by atoms with Crippen molar-refractivity contribution in [1.82, 2.24) is 0 Å². The van der Waals surface area contributed by atoms with Crippen LogP contribution in [-0.2, 0) is 9.59 Å². The highest BCUT2D eigenvalue weighted by molar-refractivity contribution is 6.45.